The second-order valence-electron chi connectivity index (χ2n) is 5.78. The van der Waals surface area contributed by atoms with Crippen LogP contribution in [0, 0.1) is 6.92 Å². The first kappa shape index (κ1) is 14.6. The lowest BCUT2D eigenvalue weighted by Crippen LogP contribution is -2.26. The van der Waals surface area contributed by atoms with Crippen molar-refractivity contribution in [1.29, 1.82) is 0 Å². The van der Waals surface area contributed by atoms with E-state index in [-0.39, 0.29) is 18.2 Å². The number of ether oxygens (including phenoxy) is 1. The maximum atomic E-state index is 12.1. The predicted molar refractivity (Wildman–Crippen MR) is 83.3 cm³/mol. The molecule has 124 valence electrons. The Balaban J connectivity index is 1.45. The fourth-order valence-electron chi connectivity index (χ4n) is 2.80. The van der Waals surface area contributed by atoms with Gasteiger partial charge in [-0.2, -0.15) is 10.1 Å². The monoisotopic (exact) mass is 328 g/mol. The molecule has 2 atom stereocenters. The van der Waals surface area contributed by atoms with Crippen molar-refractivity contribution in [3.05, 3.63) is 30.1 Å². The summed E-state index contributed by atoms with van der Waals surface area (Å²) in [5, 5.41) is 11.6. The highest BCUT2D eigenvalue weighted by atomic mass is 16.6. The van der Waals surface area contributed by atoms with E-state index in [1.165, 1.54) is 0 Å². The molecule has 2 unspecified atom stereocenters. The molecule has 3 heterocycles. The quantitative estimate of drug-likeness (QED) is 0.921. The molecule has 1 amide bonds. The van der Waals surface area contributed by atoms with Crippen molar-refractivity contribution in [2.24, 2.45) is 10.3 Å². The normalized spacial score (nSPS) is 22.7. The molecular weight excluding hydrogens is 312 g/mol. The van der Waals surface area contributed by atoms with Gasteiger partial charge >= 0.3 is 6.09 Å². The Hall–Kier alpha value is -2.97. The number of carbonyl (C=O) groups excluding carboxylic acids is 1. The minimum absolute atomic E-state index is 0.0610. The number of aromatic nitrogens is 2. The fourth-order valence-corrected chi connectivity index (χ4v) is 2.80. The molecule has 1 N–H and O–H groups in total. The molecule has 4 rings (SSSR count). The van der Waals surface area contributed by atoms with E-state index in [9.17, 15) is 4.79 Å². The van der Waals surface area contributed by atoms with Gasteiger partial charge in [0.15, 0.2) is 5.82 Å². The molecule has 2 aromatic rings. The minimum atomic E-state index is -0.343. The van der Waals surface area contributed by atoms with E-state index in [1.54, 1.807) is 11.8 Å². The van der Waals surface area contributed by atoms with Crippen molar-refractivity contribution in [3.63, 3.8) is 0 Å². The number of hydrogen-bond donors (Lipinski definition) is 1. The maximum absolute atomic E-state index is 12.1. The Kier molecular flexibility index (Phi) is 3.60. The highest BCUT2D eigenvalue weighted by Crippen LogP contribution is 2.27. The number of hydrogen-bond acceptors (Lipinski definition) is 8. The van der Waals surface area contributed by atoms with Crippen molar-refractivity contribution >= 4 is 11.8 Å². The van der Waals surface area contributed by atoms with Crippen LogP contribution in [-0.4, -0.2) is 41.5 Å². The predicted octanol–water partition coefficient (Wildman–Crippen LogP) is 2.10. The van der Waals surface area contributed by atoms with E-state index in [4.69, 9.17) is 9.26 Å². The topological polar surface area (TPSA) is 105 Å². The fraction of sp³-hybridized carbons (Fsp3) is 0.400. The lowest BCUT2D eigenvalue weighted by atomic mass is 10.1. The van der Waals surface area contributed by atoms with Crippen molar-refractivity contribution in [1.82, 2.24) is 15.6 Å². The highest BCUT2D eigenvalue weighted by Gasteiger charge is 2.34. The molecule has 1 aromatic heterocycles. The van der Waals surface area contributed by atoms with Gasteiger partial charge in [0.1, 0.15) is 6.10 Å². The van der Waals surface area contributed by atoms with Crippen LogP contribution in [-0.2, 0) is 4.74 Å². The van der Waals surface area contributed by atoms with E-state index in [0.29, 0.717) is 31.2 Å². The Bertz CT molecular complexity index is 772. The number of rotatable bonds is 4. The van der Waals surface area contributed by atoms with Crippen molar-refractivity contribution in [3.8, 4) is 11.5 Å². The molecule has 2 aliphatic rings. The molecule has 0 spiro atoms. The molecule has 0 aliphatic carbocycles. The van der Waals surface area contributed by atoms with Gasteiger partial charge in [0.05, 0.1) is 19.1 Å². The van der Waals surface area contributed by atoms with E-state index in [1.807, 2.05) is 24.3 Å². The summed E-state index contributed by atoms with van der Waals surface area (Å²) in [6.45, 7) is 2.96. The first-order valence-electron chi connectivity index (χ1n) is 7.70. The molecule has 2 aliphatic heterocycles. The number of anilines is 1. The zero-order valence-electron chi connectivity index (χ0n) is 13.0. The zero-order valence-corrected chi connectivity index (χ0v) is 13.0. The van der Waals surface area contributed by atoms with Crippen LogP contribution in [0.5, 0.6) is 0 Å². The van der Waals surface area contributed by atoms with Crippen molar-refractivity contribution < 1.29 is 14.1 Å². The van der Waals surface area contributed by atoms with Gasteiger partial charge in [-0.25, -0.2) is 4.79 Å². The molecule has 9 nitrogen and oxygen atoms in total. The number of aryl methyl sites for hydroxylation is 1. The highest BCUT2D eigenvalue weighted by molar-refractivity contribution is 5.90. The third-order valence-corrected chi connectivity index (χ3v) is 3.98. The van der Waals surface area contributed by atoms with Gasteiger partial charge in [0, 0.05) is 17.7 Å². The van der Waals surface area contributed by atoms with Crippen molar-refractivity contribution in [2.75, 3.05) is 18.0 Å². The SMILES string of the molecule is Cc1noc(-c2ccc(N3CC(CC4CNN=N4)OC3=O)cc2)n1. The molecule has 0 bridgehead atoms. The van der Waals surface area contributed by atoms with Crippen LogP contribution in [0.2, 0.25) is 0 Å². The van der Waals surface area contributed by atoms with Gasteiger partial charge in [-0.3, -0.25) is 10.3 Å². The van der Waals surface area contributed by atoms with Gasteiger partial charge in [-0.15, -0.1) is 0 Å². The zero-order chi connectivity index (χ0) is 16.5. The largest absolute Gasteiger partial charge is 0.444 e. The average Bonchev–Trinajstić information content (AvgIpc) is 3.30. The molecule has 0 saturated carbocycles. The number of benzene rings is 1. The first-order chi connectivity index (χ1) is 11.7. The van der Waals surface area contributed by atoms with Crippen LogP contribution in [0.4, 0.5) is 10.5 Å². The van der Waals surface area contributed by atoms with Crippen LogP contribution in [0.25, 0.3) is 11.5 Å². The Morgan fingerprint density at radius 3 is 2.83 bits per heavy atom. The second kappa shape index (κ2) is 5.91. The number of amides is 1. The first-order valence-corrected chi connectivity index (χ1v) is 7.70. The lowest BCUT2D eigenvalue weighted by molar-refractivity contribution is 0.133. The summed E-state index contributed by atoms with van der Waals surface area (Å²) in [6, 6.07) is 7.44. The molecular formula is C15H16N6O3. The molecule has 1 aromatic carbocycles. The summed E-state index contributed by atoms with van der Waals surface area (Å²) in [4.78, 5) is 17.9. The van der Waals surface area contributed by atoms with Crippen molar-refractivity contribution in [2.45, 2.75) is 25.5 Å². The van der Waals surface area contributed by atoms with Gasteiger partial charge in [0.2, 0.25) is 0 Å². The smallest absolute Gasteiger partial charge is 0.414 e. The van der Waals surface area contributed by atoms with Gasteiger partial charge in [-0.05, 0) is 31.2 Å². The van der Waals surface area contributed by atoms with E-state index in [0.717, 1.165) is 11.3 Å². The summed E-state index contributed by atoms with van der Waals surface area (Å²) in [7, 11) is 0. The van der Waals surface area contributed by atoms with Crippen LogP contribution in [0.15, 0.2) is 39.1 Å². The number of nitrogens with one attached hydrogen (secondary N) is 1. The molecule has 0 radical (unpaired) electrons. The average molecular weight is 328 g/mol. The molecule has 1 fully saturated rings. The van der Waals surface area contributed by atoms with Crippen LogP contribution >= 0.6 is 0 Å². The Morgan fingerprint density at radius 1 is 1.33 bits per heavy atom. The number of cyclic esters (lactones) is 1. The summed E-state index contributed by atoms with van der Waals surface area (Å²) in [6.07, 6.45) is 0.141. The second-order valence-corrected chi connectivity index (χ2v) is 5.78. The molecule has 1 saturated heterocycles. The number of carbonyl (C=O) groups is 1. The van der Waals surface area contributed by atoms with Gasteiger partial charge in [0.25, 0.3) is 5.89 Å². The number of nitrogens with zero attached hydrogens (tertiary/aromatic N) is 5. The van der Waals surface area contributed by atoms with E-state index in [2.05, 4.69) is 25.9 Å². The van der Waals surface area contributed by atoms with Crippen LogP contribution < -0.4 is 10.3 Å². The standard InChI is InChI=1S/C15H16N6O3/c1-9-17-14(24-19-9)10-2-4-12(5-3-10)21-8-13(23-15(21)22)6-11-7-16-20-18-11/h2-5,11,13H,6-8H2,1H3,(H,16,18). The summed E-state index contributed by atoms with van der Waals surface area (Å²) < 4.78 is 10.6. The van der Waals surface area contributed by atoms with Crippen LogP contribution in [0.3, 0.4) is 0 Å². The van der Waals surface area contributed by atoms with E-state index >= 15 is 0 Å². The third-order valence-electron chi connectivity index (χ3n) is 3.98. The van der Waals surface area contributed by atoms with Crippen LogP contribution in [0.1, 0.15) is 12.2 Å². The Labute approximate surface area is 137 Å². The summed E-state index contributed by atoms with van der Waals surface area (Å²) in [5.74, 6) is 1.04. The molecule has 9 heteroatoms. The van der Waals surface area contributed by atoms with Gasteiger partial charge in [-0.1, -0.05) is 10.4 Å². The third kappa shape index (κ3) is 2.80. The lowest BCUT2D eigenvalue weighted by Gasteiger charge is -2.13. The van der Waals surface area contributed by atoms with Gasteiger partial charge < -0.3 is 9.26 Å². The summed E-state index contributed by atoms with van der Waals surface area (Å²) in [5.41, 5.74) is 4.39. The molecule has 24 heavy (non-hydrogen) atoms. The summed E-state index contributed by atoms with van der Waals surface area (Å²) >= 11 is 0. The van der Waals surface area contributed by atoms with E-state index < -0.39 is 0 Å². The minimum Gasteiger partial charge on any atom is -0.444 e. The maximum Gasteiger partial charge on any atom is 0.414 e. The Morgan fingerprint density at radius 2 is 2.17 bits per heavy atom.